The van der Waals surface area contributed by atoms with Crippen LogP contribution in [0.5, 0.6) is 5.75 Å². The SMILES string of the molecule is COc1ccc2c(N)c(C(=O)N(C)CCN(C)C)sc2c1. The molecule has 2 aromatic rings. The number of amides is 1. The maximum absolute atomic E-state index is 12.5. The highest BCUT2D eigenvalue weighted by molar-refractivity contribution is 7.21. The highest BCUT2D eigenvalue weighted by atomic mass is 32.1. The molecule has 2 rings (SSSR count). The first kappa shape index (κ1) is 15.6. The molecule has 1 aromatic heterocycles. The van der Waals surface area contributed by atoms with Gasteiger partial charge < -0.3 is 20.3 Å². The highest BCUT2D eigenvalue weighted by Gasteiger charge is 2.20. The van der Waals surface area contributed by atoms with Gasteiger partial charge in [0.15, 0.2) is 0 Å². The molecule has 0 aliphatic rings. The van der Waals surface area contributed by atoms with Crippen LogP contribution in [-0.4, -0.2) is 57.0 Å². The van der Waals surface area contributed by atoms with Crippen molar-refractivity contribution in [3.63, 3.8) is 0 Å². The number of benzene rings is 1. The second kappa shape index (κ2) is 6.32. The number of likely N-dealkylation sites (N-methyl/N-ethyl adjacent to an activating group) is 2. The number of nitrogens with zero attached hydrogens (tertiary/aromatic N) is 2. The largest absolute Gasteiger partial charge is 0.497 e. The van der Waals surface area contributed by atoms with Crippen LogP contribution < -0.4 is 10.5 Å². The van der Waals surface area contributed by atoms with E-state index in [4.69, 9.17) is 10.5 Å². The molecule has 0 radical (unpaired) electrons. The Morgan fingerprint density at radius 2 is 2.00 bits per heavy atom. The summed E-state index contributed by atoms with van der Waals surface area (Å²) < 4.78 is 6.18. The molecule has 0 aliphatic carbocycles. The van der Waals surface area contributed by atoms with Crippen molar-refractivity contribution in [2.75, 3.05) is 47.1 Å². The molecule has 0 spiro atoms. The van der Waals surface area contributed by atoms with Gasteiger partial charge in [-0.15, -0.1) is 11.3 Å². The molecule has 1 amide bonds. The van der Waals surface area contributed by atoms with Gasteiger partial charge in [0.1, 0.15) is 10.6 Å². The standard InChI is InChI=1S/C15H21N3O2S/c1-17(2)7-8-18(3)15(19)14-13(16)11-6-5-10(20-4)9-12(11)21-14/h5-6,9H,7-8,16H2,1-4H3. The monoisotopic (exact) mass is 307 g/mol. The Kier molecular flexibility index (Phi) is 4.69. The third kappa shape index (κ3) is 3.28. The molecule has 0 fully saturated rings. The number of hydrogen-bond acceptors (Lipinski definition) is 5. The topological polar surface area (TPSA) is 58.8 Å². The smallest absolute Gasteiger partial charge is 0.265 e. The molecule has 0 unspecified atom stereocenters. The van der Waals surface area contributed by atoms with E-state index in [-0.39, 0.29) is 5.91 Å². The van der Waals surface area contributed by atoms with Crippen molar-refractivity contribution in [3.05, 3.63) is 23.1 Å². The lowest BCUT2D eigenvalue weighted by Gasteiger charge is -2.19. The van der Waals surface area contributed by atoms with E-state index in [1.807, 2.05) is 37.2 Å². The van der Waals surface area contributed by atoms with Crippen LogP contribution in [0.1, 0.15) is 9.67 Å². The van der Waals surface area contributed by atoms with Crippen LogP contribution in [-0.2, 0) is 0 Å². The maximum atomic E-state index is 12.5. The lowest BCUT2D eigenvalue weighted by Crippen LogP contribution is -2.33. The molecule has 0 aliphatic heterocycles. The van der Waals surface area contributed by atoms with E-state index in [1.165, 1.54) is 11.3 Å². The third-order valence-corrected chi connectivity index (χ3v) is 4.52. The number of rotatable bonds is 5. The summed E-state index contributed by atoms with van der Waals surface area (Å²) >= 11 is 1.41. The van der Waals surface area contributed by atoms with E-state index >= 15 is 0 Å². The lowest BCUT2D eigenvalue weighted by atomic mass is 10.2. The molecule has 1 heterocycles. The Morgan fingerprint density at radius 3 is 2.62 bits per heavy atom. The van der Waals surface area contributed by atoms with E-state index in [1.54, 1.807) is 19.1 Å². The number of anilines is 1. The van der Waals surface area contributed by atoms with Gasteiger partial charge in [0.05, 0.1) is 12.8 Å². The number of carbonyl (C=O) groups excluding carboxylic acids is 1. The molecule has 0 saturated heterocycles. The second-order valence-corrected chi connectivity index (χ2v) is 6.29. The number of ether oxygens (including phenoxy) is 1. The molecule has 114 valence electrons. The molecular weight excluding hydrogens is 286 g/mol. The predicted molar refractivity (Wildman–Crippen MR) is 88.3 cm³/mol. The van der Waals surface area contributed by atoms with Gasteiger partial charge in [-0.25, -0.2) is 0 Å². The first-order valence-electron chi connectivity index (χ1n) is 6.70. The van der Waals surface area contributed by atoms with Crippen LogP contribution in [0.4, 0.5) is 5.69 Å². The van der Waals surface area contributed by atoms with Gasteiger partial charge in [-0.1, -0.05) is 0 Å². The Labute approximate surface area is 128 Å². The van der Waals surface area contributed by atoms with E-state index in [9.17, 15) is 4.79 Å². The van der Waals surface area contributed by atoms with Gasteiger partial charge >= 0.3 is 0 Å². The second-order valence-electron chi connectivity index (χ2n) is 5.24. The zero-order chi connectivity index (χ0) is 15.6. The van der Waals surface area contributed by atoms with Crippen LogP contribution in [0.2, 0.25) is 0 Å². The predicted octanol–water partition coefficient (Wildman–Crippen LogP) is 2.13. The number of nitrogens with two attached hydrogens (primary N) is 1. The molecule has 5 nitrogen and oxygen atoms in total. The number of carbonyl (C=O) groups is 1. The number of fused-ring (bicyclic) bond motifs is 1. The Hall–Kier alpha value is -1.79. The fourth-order valence-electron chi connectivity index (χ4n) is 2.01. The van der Waals surface area contributed by atoms with Crippen LogP contribution in [0.3, 0.4) is 0 Å². The Morgan fingerprint density at radius 1 is 1.29 bits per heavy atom. The summed E-state index contributed by atoms with van der Waals surface area (Å²) in [6.45, 7) is 1.49. The zero-order valence-electron chi connectivity index (χ0n) is 12.8. The van der Waals surface area contributed by atoms with Crippen molar-refractivity contribution in [1.29, 1.82) is 0 Å². The van der Waals surface area contributed by atoms with Gasteiger partial charge in [0.25, 0.3) is 5.91 Å². The van der Waals surface area contributed by atoms with E-state index in [2.05, 4.69) is 0 Å². The highest BCUT2D eigenvalue weighted by Crippen LogP contribution is 2.36. The molecule has 2 N–H and O–H groups in total. The molecule has 0 saturated carbocycles. The van der Waals surface area contributed by atoms with Crippen LogP contribution in [0.25, 0.3) is 10.1 Å². The fourth-order valence-corrected chi connectivity index (χ4v) is 3.15. The average Bonchev–Trinajstić information content (AvgIpc) is 2.80. The summed E-state index contributed by atoms with van der Waals surface area (Å²) in [5.41, 5.74) is 6.69. The number of methoxy groups -OCH3 is 1. The lowest BCUT2D eigenvalue weighted by molar-refractivity contribution is 0.0792. The summed E-state index contributed by atoms with van der Waals surface area (Å²) in [7, 11) is 7.40. The van der Waals surface area contributed by atoms with E-state index < -0.39 is 0 Å². The van der Waals surface area contributed by atoms with Crippen LogP contribution in [0.15, 0.2) is 18.2 Å². The third-order valence-electron chi connectivity index (χ3n) is 3.36. The van der Waals surface area contributed by atoms with Gasteiger partial charge in [-0.3, -0.25) is 4.79 Å². The van der Waals surface area contributed by atoms with Gasteiger partial charge in [-0.05, 0) is 32.3 Å². The zero-order valence-corrected chi connectivity index (χ0v) is 13.7. The minimum Gasteiger partial charge on any atom is -0.497 e. The van der Waals surface area contributed by atoms with Gasteiger partial charge in [0.2, 0.25) is 0 Å². The number of thiophene rings is 1. The van der Waals surface area contributed by atoms with Gasteiger partial charge in [0, 0.05) is 30.2 Å². The van der Waals surface area contributed by atoms with Crippen molar-refractivity contribution >= 4 is 33.0 Å². The summed E-state index contributed by atoms with van der Waals surface area (Å²) in [5, 5.41) is 0.908. The first-order chi connectivity index (χ1) is 9.93. The van der Waals surface area contributed by atoms with Crippen molar-refractivity contribution in [2.24, 2.45) is 0 Å². The van der Waals surface area contributed by atoms with Crippen molar-refractivity contribution in [2.45, 2.75) is 0 Å². The summed E-state index contributed by atoms with van der Waals surface area (Å²) in [6, 6.07) is 5.67. The van der Waals surface area contributed by atoms with Gasteiger partial charge in [-0.2, -0.15) is 0 Å². The van der Waals surface area contributed by atoms with Crippen molar-refractivity contribution in [1.82, 2.24) is 9.80 Å². The molecule has 0 atom stereocenters. The normalized spacial score (nSPS) is 11.1. The molecule has 0 bridgehead atoms. The minimum absolute atomic E-state index is 0.0329. The summed E-state index contributed by atoms with van der Waals surface area (Å²) in [6.07, 6.45) is 0. The van der Waals surface area contributed by atoms with E-state index in [0.29, 0.717) is 17.1 Å². The molecule has 1 aromatic carbocycles. The molecular formula is C15H21N3O2S. The van der Waals surface area contributed by atoms with Crippen LogP contribution in [0, 0.1) is 0 Å². The minimum atomic E-state index is -0.0329. The summed E-state index contributed by atoms with van der Waals surface area (Å²) in [5.74, 6) is 0.734. The van der Waals surface area contributed by atoms with Crippen molar-refractivity contribution < 1.29 is 9.53 Å². The molecule has 6 heteroatoms. The fraction of sp³-hybridized carbons (Fsp3) is 0.400. The van der Waals surface area contributed by atoms with E-state index in [0.717, 1.165) is 22.4 Å². The number of hydrogen-bond donors (Lipinski definition) is 1. The average molecular weight is 307 g/mol. The quantitative estimate of drug-likeness (QED) is 0.919. The molecule has 21 heavy (non-hydrogen) atoms. The first-order valence-corrected chi connectivity index (χ1v) is 7.52. The Balaban J connectivity index is 2.28. The van der Waals surface area contributed by atoms with Crippen LogP contribution >= 0.6 is 11.3 Å². The number of nitrogen functional groups attached to an aromatic ring is 1. The summed E-state index contributed by atoms with van der Waals surface area (Å²) in [4.78, 5) is 16.9. The Bertz CT molecular complexity index is 652. The maximum Gasteiger partial charge on any atom is 0.265 e. The van der Waals surface area contributed by atoms with Crippen molar-refractivity contribution in [3.8, 4) is 5.75 Å².